The summed E-state index contributed by atoms with van der Waals surface area (Å²) in [6.07, 6.45) is 4.91. The Morgan fingerprint density at radius 1 is 1.56 bits per heavy atom. The van der Waals surface area contributed by atoms with Gasteiger partial charge < -0.3 is 10.4 Å². The third-order valence-corrected chi connectivity index (χ3v) is 3.10. The Hall–Kier alpha value is -1.36. The van der Waals surface area contributed by atoms with E-state index in [-0.39, 0.29) is 11.9 Å². The highest BCUT2D eigenvalue weighted by Gasteiger charge is 2.25. The molecule has 0 saturated heterocycles. The topological polar surface area (TPSA) is 67.2 Å². The molecule has 2 atom stereocenters. The zero-order valence-electron chi connectivity index (χ0n) is 9.39. The highest BCUT2D eigenvalue weighted by atomic mass is 16.3. The van der Waals surface area contributed by atoms with Crippen molar-refractivity contribution >= 4 is 5.91 Å². The number of nitrogens with zero attached hydrogens (tertiary/aromatic N) is 2. The van der Waals surface area contributed by atoms with Crippen molar-refractivity contribution in [3.8, 4) is 0 Å². The van der Waals surface area contributed by atoms with E-state index < -0.39 is 6.10 Å². The quantitative estimate of drug-likeness (QED) is 0.765. The van der Waals surface area contributed by atoms with Crippen LogP contribution in [0.15, 0.2) is 12.3 Å². The van der Waals surface area contributed by atoms with Gasteiger partial charge in [-0.1, -0.05) is 12.8 Å². The number of rotatable bonds is 2. The second kappa shape index (κ2) is 4.65. The number of hydrogen-bond donors (Lipinski definition) is 2. The summed E-state index contributed by atoms with van der Waals surface area (Å²) < 4.78 is 1.53. The number of hydrogen-bond acceptors (Lipinski definition) is 3. The molecule has 0 bridgehead atoms. The van der Waals surface area contributed by atoms with E-state index >= 15 is 0 Å². The summed E-state index contributed by atoms with van der Waals surface area (Å²) in [6.45, 7) is 0. The lowest BCUT2D eigenvalue weighted by molar-refractivity contribution is 0.0710. The Balaban J connectivity index is 1.99. The molecule has 88 valence electrons. The molecular weight excluding hydrogens is 206 g/mol. The maximum absolute atomic E-state index is 11.9. The molecule has 1 aromatic rings. The normalized spacial score (nSPS) is 25.4. The first-order valence-corrected chi connectivity index (χ1v) is 5.65. The van der Waals surface area contributed by atoms with Gasteiger partial charge in [0.25, 0.3) is 5.91 Å². The predicted molar refractivity (Wildman–Crippen MR) is 58.9 cm³/mol. The van der Waals surface area contributed by atoms with Crippen LogP contribution in [0.3, 0.4) is 0 Å². The van der Waals surface area contributed by atoms with Gasteiger partial charge in [-0.05, 0) is 18.9 Å². The van der Waals surface area contributed by atoms with Crippen LogP contribution in [0.1, 0.15) is 36.2 Å². The molecule has 0 unspecified atom stereocenters. The SMILES string of the molecule is Cn1nccc1C(=O)N[C@@H]1CCCC[C@H]1O. The minimum Gasteiger partial charge on any atom is -0.391 e. The highest BCUT2D eigenvalue weighted by molar-refractivity contribution is 5.92. The van der Waals surface area contributed by atoms with Crippen LogP contribution in [0, 0.1) is 0 Å². The van der Waals surface area contributed by atoms with E-state index in [0.717, 1.165) is 25.7 Å². The molecule has 0 aromatic carbocycles. The number of amides is 1. The number of aromatic nitrogens is 2. The zero-order chi connectivity index (χ0) is 11.5. The third kappa shape index (κ3) is 2.24. The monoisotopic (exact) mass is 223 g/mol. The molecular formula is C11H17N3O2. The van der Waals surface area contributed by atoms with E-state index in [1.165, 1.54) is 4.68 Å². The number of carbonyl (C=O) groups excluding carboxylic acids is 1. The summed E-state index contributed by atoms with van der Waals surface area (Å²) in [5.74, 6) is -0.161. The smallest absolute Gasteiger partial charge is 0.269 e. The first-order valence-electron chi connectivity index (χ1n) is 5.65. The van der Waals surface area contributed by atoms with Crippen molar-refractivity contribution in [2.45, 2.75) is 37.8 Å². The van der Waals surface area contributed by atoms with Gasteiger partial charge in [-0.3, -0.25) is 9.48 Å². The molecule has 5 heteroatoms. The van der Waals surface area contributed by atoms with Gasteiger partial charge in [0.2, 0.25) is 0 Å². The highest BCUT2D eigenvalue weighted by Crippen LogP contribution is 2.18. The first kappa shape index (κ1) is 11.1. The van der Waals surface area contributed by atoms with E-state index in [1.54, 1.807) is 19.3 Å². The Morgan fingerprint density at radius 3 is 2.94 bits per heavy atom. The number of aliphatic hydroxyl groups is 1. The van der Waals surface area contributed by atoms with Crippen molar-refractivity contribution in [1.29, 1.82) is 0 Å². The average molecular weight is 223 g/mol. The zero-order valence-corrected chi connectivity index (χ0v) is 9.39. The number of carbonyl (C=O) groups is 1. The minimum atomic E-state index is -0.411. The van der Waals surface area contributed by atoms with Crippen molar-refractivity contribution in [1.82, 2.24) is 15.1 Å². The van der Waals surface area contributed by atoms with Crippen LogP contribution in [0.4, 0.5) is 0 Å². The lowest BCUT2D eigenvalue weighted by atomic mass is 9.92. The second-order valence-electron chi connectivity index (χ2n) is 4.27. The van der Waals surface area contributed by atoms with Crippen molar-refractivity contribution in [3.63, 3.8) is 0 Å². The summed E-state index contributed by atoms with van der Waals surface area (Å²) in [5.41, 5.74) is 0.526. The van der Waals surface area contributed by atoms with Crippen LogP contribution in [-0.2, 0) is 7.05 Å². The Kier molecular flexibility index (Phi) is 3.24. The van der Waals surface area contributed by atoms with Crippen LogP contribution in [0.5, 0.6) is 0 Å². The molecule has 0 spiro atoms. The van der Waals surface area contributed by atoms with Crippen LogP contribution in [0.25, 0.3) is 0 Å². The lowest BCUT2D eigenvalue weighted by Crippen LogP contribution is -2.45. The number of aliphatic hydroxyl groups excluding tert-OH is 1. The van der Waals surface area contributed by atoms with Gasteiger partial charge >= 0.3 is 0 Å². The van der Waals surface area contributed by atoms with Gasteiger partial charge in [-0.15, -0.1) is 0 Å². The molecule has 1 aliphatic rings. The summed E-state index contributed by atoms with van der Waals surface area (Å²) in [7, 11) is 1.73. The van der Waals surface area contributed by atoms with Gasteiger partial charge in [0.15, 0.2) is 0 Å². The van der Waals surface area contributed by atoms with Gasteiger partial charge in [0.1, 0.15) is 5.69 Å². The first-order chi connectivity index (χ1) is 7.68. The summed E-state index contributed by atoms with van der Waals surface area (Å²) in [5, 5.41) is 16.6. The van der Waals surface area contributed by atoms with Crippen LogP contribution in [-0.4, -0.2) is 32.9 Å². The minimum absolute atomic E-state index is 0.115. The maximum atomic E-state index is 11.9. The third-order valence-electron chi connectivity index (χ3n) is 3.10. The molecule has 0 aliphatic heterocycles. The van der Waals surface area contributed by atoms with E-state index in [2.05, 4.69) is 10.4 Å². The van der Waals surface area contributed by atoms with Gasteiger partial charge in [-0.2, -0.15) is 5.10 Å². The fourth-order valence-electron chi connectivity index (χ4n) is 2.12. The van der Waals surface area contributed by atoms with E-state index in [9.17, 15) is 9.90 Å². The Labute approximate surface area is 94.5 Å². The van der Waals surface area contributed by atoms with Crippen molar-refractivity contribution < 1.29 is 9.90 Å². The Bertz CT molecular complexity index is 375. The fraction of sp³-hybridized carbons (Fsp3) is 0.636. The molecule has 1 fully saturated rings. The average Bonchev–Trinajstić information content (AvgIpc) is 2.68. The molecule has 2 N–H and O–H groups in total. The summed E-state index contributed by atoms with van der Waals surface area (Å²) in [4.78, 5) is 11.9. The molecule has 1 aromatic heterocycles. The van der Waals surface area contributed by atoms with E-state index in [0.29, 0.717) is 5.69 Å². The van der Waals surface area contributed by atoms with Crippen LogP contribution < -0.4 is 5.32 Å². The molecule has 1 aliphatic carbocycles. The molecule has 1 amide bonds. The fourth-order valence-corrected chi connectivity index (χ4v) is 2.12. The number of aryl methyl sites for hydroxylation is 1. The van der Waals surface area contributed by atoms with Crippen LogP contribution >= 0.6 is 0 Å². The van der Waals surface area contributed by atoms with Gasteiger partial charge in [0, 0.05) is 13.2 Å². The van der Waals surface area contributed by atoms with Crippen LogP contribution in [0.2, 0.25) is 0 Å². The van der Waals surface area contributed by atoms with E-state index in [1.807, 2.05) is 0 Å². The maximum Gasteiger partial charge on any atom is 0.269 e. The standard InChI is InChI=1S/C11H17N3O2/c1-14-9(6-7-12-14)11(16)13-8-4-2-3-5-10(8)15/h6-8,10,15H,2-5H2,1H3,(H,13,16)/t8-,10-/m1/s1. The lowest BCUT2D eigenvalue weighted by Gasteiger charge is -2.28. The van der Waals surface area contributed by atoms with Crippen molar-refractivity contribution in [3.05, 3.63) is 18.0 Å². The van der Waals surface area contributed by atoms with E-state index in [4.69, 9.17) is 0 Å². The second-order valence-corrected chi connectivity index (χ2v) is 4.27. The number of nitrogens with one attached hydrogen (secondary N) is 1. The predicted octanol–water partition coefficient (Wildman–Crippen LogP) is 0.453. The summed E-state index contributed by atoms with van der Waals surface area (Å²) >= 11 is 0. The summed E-state index contributed by atoms with van der Waals surface area (Å²) in [6, 6.07) is 1.56. The van der Waals surface area contributed by atoms with Gasteiger partial charge in [0.05, 0.1) is 12.1 Å². The molecule has 1 saturated carbocycles. The van der Waals surface area contributed by atoms with Crippen molar-refractivity contribution in [2.24, 2.45) is 7.05 Å². The molecule has 0 radical (unpaired) electrons. The Morgan fingerprint density at radius 2 is 2.31 bits per heavy atom. The van der Waals surface area contributed by atoms with Gasteiger partial charge in [-0.25, -0.2) is 0 Å². The molecule has 2 rings (SSSR count). The van der Waals surface area contributed by atoms with Crippen molar-refractivity contribution in [2.75, 3.05) is 0 Å². The molecule has 16 heavy (non-hydrogen) atoms. The molecule has 5 nitrogen and oxygen atoms in total. The largest absolute Gasteiger partial charge is 0.391 e. The molecule has 1 heterocycles.